The van der Waals surface area contributed by atoms with Gasteiger partial charge in [-0.05, 0) is 83.5 Å². The number of hydrogen-bond donors (Lipinski definition) is 4. The number of unbranched alkanes of at least 4 members (excludes halogenated alkanes) is 26. The number of esters is 1. The molecule has 0 bridgehead atoms. The van der Waals surface area contributed by atoms with E-state index in [1.54, 1.807) is 0 Å². The van der Waals surface area contributed by atoms with E-state index < -0.39 is 43.4 Å². The Morgan fingerprint density at radius 3 is 1.35 bits per heavy atom. The third kappa shape index (κ3) is 37.8. The first-order valence-corrected chi connectivity index (χ1v) is 27.4. The van der Waals surface area contributed by atoms with Gasteiger partial charge in [-0.3, -0.25) is 4.79 Å². The lowest BCUT2D eigenvalue weighted by Crippen LogP contribution is -2.59. The van der Waals surface area contributed by atoms with Crippen LogP contribution in [0, 0.1) is 0 Å². The average molecular weight is 931 g/mol. The predicted octanol–water partition coefficient (Wildman–Crippen LogP) is 13.8. The van der Waals surface area contributed by atoms with Crippen LogP contribution in [0.25, 0.3) is 0 Å². The van der Waals surface area contributed by atoms with Crippen LogP contribution in [-0.2, 0) is 23.7 Å². The third-order valence-corrected chi connectivity index (χ3v) is 12.4. The molecule has 1 heterocycles. The van der Waals surface area contributed by atoms with Gasteiger partial charge in [-0.25, -0.2) is 0 Å². The molecular weight excluding hydrogens is 829 g/mol. The molecule has 0 radical (unpaired) electrons. The first kappa shape index (κ1) is 61.9. The minimum Gasteiger partial charge on any atom is -0.457 e. The molecule has 384 valence electrons. The van der Waals surface area contributed by atoms with Crippen LogP contribution in [0.15, 0.2) is 60.8 Å². The molecular formula is C57H102O9. The van der Waals surface area contributed by atoms with Crippen LogP contribution in [0.4, 0.5) is 0 Å². The molecule has 0 saturated carbocycles. The van der Waals surface area contributed by atoms with Crippen molar-refractivity contribution in [2.45, 2.75) is 269 Å². The predicted molar refractivity (Wildman–Crippen MR) is 274 cm³/mol. The van der Waals surface area contributed by atoms with Crippen LogP contribution in [-0.4, -0.2) is 89.6 Å². The van der Waals surface area contributed by atoms with Crippen LogP contribution in [0.2, 0.25) is 0 Å². The number of aliphatic hydroxyl groups is 4. The van der Waals surface area contributed by atoms with Crippen molar-refractivity contribution in [3.8, 4) is 0 Å². The summed E-state index contributed by atoms with van der Waals surface area (Å²) < 4.78 is 22.9. The summed E-state index contributed by atoms with van der Waals surface area (Å²) in [5, 5.41) is 40.3. The van der Waals surface area contributed by atoms with Gasteiger partial charge in [-0.15, -0.1) is 0 Å². The van der Waals surface area contributed by atoms with Crippen molar-refractivity contribution >= 4 is 5.97 Å². The van der Waals surface area contributed by atoms with Gasteiger partial charge in [0.2, 0.25) is 0 Å². The molecule has 1 fully saturated rings. The maximum Gasteiger partial charge on any atom is 0.306 e. The highest BCUT2D eigenvalue weighted by Crippen LogP contribution is 2.23. The van der Waals surface area contributed by atoms with Gasteiger partial charge < -0.3 is 39.4 Å². The molecule has 0 aromatic carbocycles. The van der Waals surface area contributed by atoms with Crippen molar-refractivity contribution < 1.29 is 44.2 Å². The second-order valence-corrected chi connectivity index (χ2v) is 18.7. The van der Waals surface area contributed by atoms with Gasteiger partial charge in [0.15, 0.2) is 6.29 Å². The van der Waals surface area contributed by atoms with E-state index in [0.29, 0.717) is 13.0 Å². The summed E-state index contributed by atoms with van der Waals surface area (Å²) in [4.78, 5) is 12.9. The van der Waals surface area contributed by atoms with Crippen LogP contribution >= 0.6 is 0 Å². The van der Waals surface area contributed by atoms with Gasteiger partial charge in [0.05, 0.1) is 19.8 Å². The zero-order chi connectivity index (χ0) is 47.8. The SMILES string of the molecule is CCCCC/C=C\C/C=C\CCCCCCCCCCOCC(COC1OC(CO)C(O)C(O)C1O)OC(=O)CCCCCCCCCCCC/C=C\C/C=C\C/C=C\CCCCCCC. The molecule has 66 heavy (non-hydrogen) atoms. The molecule has 0 aromatic heterocycles. The molecule has 1 aliphatic rings. The summed E-state index contributed by atoms with van der Waals surface area (Å²) in [5.41, 5.74) is 0. The molecule has 0 aliphatic carbocycles. The molecule has 1 saturated heterocycles. The van der Waals surface area contributed by atoms with E-state index in [2.05, 4.69) is 74.6 Å². The lowest BCUT2D eigenvalue weighted by atomic mass is 9.99. The number of rotatable bonds is 47. The fourth-order valence-corrected chi connectivity index (χ4v) is 8.12. The summed E-state index contributed by atoms with van der Waals surface area (Å²) in [6, 6.07) is 0. The zero-order valence-corrected chi connectivity index (χ0v) is 42.4. The maximum absolute atomic E-state index is 12.9. The van der Waals surface area contributed by atoms with E-state index in [9.17, 15) is 25.2 Å². The fraction of sp³-hybridized carbons (Fsp3) is 0.807. The van der Waals surface area contributed by atoms with E-state index in [-0.39, 0.29) is 19.2 Å². The Labute approximate surface area is 405 Å². The molecule has 1 rings (SSSR count). The van der Waals surface area contributed by atoms with E-state index in [4.69, 9.17) is 18.9 Å². The number of allylic oxidation sites excluding steroid dienone is 10. The Balaban J connectivity index is 2.18. The Hall–Kier alpha value is -2.11. The second-order valence-electron chi connectivity index (χ2n) is 18.7. The Morgan fingerprint density at radius 1 is 0.485 bits per heavy atom. The van der Waals surface area contributed by atoms with Crippen molar-refractivity contribution in [2.75, 3.05) is 26.4 Å². The molecule has 9 heteroatoms. The normalized spacial score (nSPS) is 19.8. The van der Waals surface area contributed by atoms with E-state index >= 15 is 0 Å². The number of hydrogen-bond acceptors (Lipinski definition) is 9. The quantitative estimate of drug-likeness (QED) is 0.0267. The molecule has 1 aliphatic heterocycles. The molecule has 0 aromatic rings. The summed E-state index contributed by atoms with van der Waals surface area (Å²) in [5.74, 6) is -0.319. The lowest BCUT2D eigenvalue weighted by molar-refractivity contribution is -0.305. The second kappa shape index (κ2) is 47.9. The van der Waals surface area contributed by atoms with Crippen LogP contribution in [0.5, 0.6) is 0 Å². The monoisotopic (exact) mass is 931 g/mol. The van der Waals surface area contributed by atoms with Gasteiger partial charge >= 0.3 is 5.97 Å². The topological polar surface area (TPSA) is 135 Å². The van der Waals surface area contributed by atoms with Gasteiger partial charge in [0.1, 0.15) is 30.5 Å². The molecule has 0 amide bonds. The Bertz CT molecular complexity index is 1200. The summed E-state index contributed by atoms with van der Waals surface area (Å²) in [6.45, 7) is 4.52. The largest absolute Gasteiger partial charge is 0.457 e. The van der Waals surface area contributed by atoms with Crippen molar-refractivity contribution in [3.05, 3.63) is 60.8 Å². The van der Waals surface area contributed by atoms with Crippen LogP contribution in [0.3, 0.4) is 0 Å². The minimum absolute atomic E-state index is 0.119. The average Bonchev–Trinajstić information content (AvgIpc) is 3.32. The maximum atomic E-state index is 12.9. The van der Waals surface area contributed by atoms with Gasteiger partial charge in [0, 0.05) is 13.0 Å². The zero-order valence-electron chi connectivity index (χ0n) is 42.4. The molecule has 4 N–H and O–H groups in total. The van der Waals surface area contributed by atoms with Gasteiger partial charge in [0.25, 0.3) is 0 Å². The van der Waals surface area contributed by atoms with Crippen molar-refractivity contribution in [2.24, 2.45) is 0 Å². The number of aliphatic hydroxyl groups excluding tert-OH is 4. The van der Waals surface area contributed by atoms with Crippen LogP contribution < -0.4 is 0 Å². The van der Waals surface area contributed by atoms with E-state index in [1.807, 2.05) is 0 Å². The van der Waals surface area contributed by atoms with Crippen LogP contribution in [0.1, 0.15) is 232 Å². The van der Waals surface area contributed by atoms with Crippen molar-refractivity contribution in [3.63, 3.8) is 0 Å². The highest BCUT2D eigenvalue weighted by atomic mass is 16.7. The van der Waals surface area contributed by atoms with Gasteiger partial charge in [-0.1, -0.05) is 203 Å². The fourth-order valence-electron chi connectivity index (χ4n) is 8.12. The standard InChI is InChI=1S/C57H102O9/c1-3-5-7-9-11-13-15-17-19-21-23-24-25-26-27-28-29-30-32-34-36-38-40-42-44-46-53(59)65-51(50-64-57-56(62)55(61)54(60)52(48-58)66-57)49-63-47-45-43-41-39-37-35-33-31-22-20-18-16-14-12-10-8-6-4-2/h12,14-15,17-18,20-21,23,25-26,51-52,54-58,60-62H,3-11,13,16,19,22,24,27-50H2,1-2H3/b14-12-,17-15-,20-18-,23-21-,26-25-. The molecule has 9 nitrogen and oxygen atoms in total. The van der Waals surface area contributed by atoms with Gasteiger partial charge in [-0.2, -0.15) is 0 Å². The first-order valence-electron chi connectivity index (χ1n) is 27.4. The summed E-state index contributed by atoms with van der Waals surface area (Å²) in [6.07, 6.45) is 55.4. The third-order valence-electron chi connectivity index (χ3n) is 12.4. The number of carbonyl (C=O) groups is 1. The smallest absolute Gasteiger partial charge is 0.306 e. The highest BCUT2D eigenvalue weighted by molar-refractivity contribution is 5.69. The Kier molecular flexibility index (Phi) is 45.0. The number of carbonyl (C=O) groups excluding carboxylic acids is 1. The first-order chi connectivity index (χ1) is 32.4. The number of ether oxygens (including phenoxy) is 4. The molecule has 6 atom stereocenters. The highest BCUT2D eigenvalue weighted by Gasteiger charge is 2.44. The Morgan fingerprint density at radius 2 is 0.879 bits per heavy atom. The van der Waals surface area contributed by atoms with E-state index in [0.717, 1.165) is 51.4 Å². The molecule has 6 unspecified atom stereocenters. The summed E-state index contributed by atoms with van der Waals surface area (Å²) in [7, 11) is 0. The van der Waals surface area contributed by atoms with E-state index in [1.165, 1.54) is 161 Å². The summed E-state index contributed by atoms with van der Waals surface area (Å²) >= 11 is 0. The van der Waals surface area contributed by atoms with Crippen molar-refractivity contribution in [1.29, 1.82) is 0 Å². The lowest BCUT2D eigenvalue weighted by Gasteiger charge is -2.39. The van der Waals surface area contributed by atoms with Crippen molar-refractivity contribution in [1.82, 2.24) is 0 Å². The molecule has 0 spiro atoms. The minimum atomic E-state index is -1.54.